The Morgan fingerprint density at radius 2 is 2.15 bits per heavy atom. The van der Waals surface area contributed by atoms with Gasteiger partial charge in [-0.25, -0.2) is 0 Å². The van der Waals surface area contributed by atoms with Crippen molar-refractivity contribution in [1.29, 1.82) is 0 Å². The van der Waals surface area contributed by atoms with Gasteiger partial charge in [0, 0.05) is 6.54 Å². The number of nitrogens with one attached hydrogen (secondary N) is 1. The third kappa shape index (κ3) is 4.54. The molecule has 5 heteroatoms. The first-order chi connectivity index (χ1) is 9.74. The molecule has 20 heavy (non-hydrogen) atoms. The topological polar surface area (TPSA) is 39.7 Å². The summed E-state index contributed by atoms with van der Waals surface area (Å²) in [4.78, 5) is 0. The minimum Gasteiger partial charge on any atom is -0.493 e. The molecule has 0 radical (unpaired) electrons. The normalized spacial score (nSPS) is 14.3. The fraction of sp³-hybridized carbons (Fsp3) is 0.600. The first kappa shape index (κ1) is 15.4. The van der Waals surface area contributed by atoms with E-state index in [9.17, 15) is 0 Å². The van der Waals surface area contributed by atoms with Crippen LogP contribution >= 0.6 is 11.6 Å². The molecule has 0 aromatic heterocycles. The van der Waals surface area contributed by atoms with Crippen molar-refractivity contribution in [3.63, 3.8) is 0 Å². The zero-order chi connectivity index (χ0) is 14.4. The molecule has 2 rings (SSSR count). The minimum atomic E-state index is 0.207. The molecule has 1 saturated carbocycles. The van der Waals surface area contributed by atoms with Crippen LogP contribution in [-0.2, 0) is 11.3 Å². The summed E-state index contributed by atoms with van der Waals surface area (Å²) in [6.07, 6.45) is 2.53. The minimum absolute atomic E-state index is 0.207. The summed E-state index contributed by atoms with van der Waals surface area (Å²) >= 11 is 6.26. The number of hydrogen-bond acceptors (Lipinski definition) is 4. The maximum absolute atomic E-state index is 6.26. The van der Waals surface area contributed by atoms with E-state index in [1.807, 2.05) is 12.1 Å². The highest BCUT2D eigenvalue weighted by Gasteiger charge is 2.21. The Morgan fingerprint density at radius 3 is 2.80 bits per heavy atom. The van der Waals surface area contributed by atoms with Crippen molar-refractivity contribution in [2.24, 2.45) is 5.92 Å². The van der Waals surface area contributed by atoms with Gasteiger partial charge < -0.3 is 19.5 Å². The maximum atomic E-state index is 6.26. The van der Waals surface area contributed by atoms with Crippen molar-refractivity contribution in [3.05, 3.63) is 22.7 Å². The molecule has 0 bridgehead atoms. The van der Waals surface area contributed by atoms with E-state index in [4.69, 9.17) is 25.8 Å². The largest absolute Gasteiger partial charge is 0.493 e. The predicted molar refractivity (Wildman–Crippen MR) is 79.6 cm³/mol. The second-order valence-corrected chi connectivity index (χ2v) is 5.37. The standard InChI is InChI=1S/C15H22ClNO3/c1-3-17-8-12-6-13(16)15(14(7-12)18-2)20-10-19-9-11-4-5-11/h6-7,11,17H,3-5,8-10H2,1-2H3. The third-order valence-electron chi connectivity index (χ3n) is 3.21. The lowest BCUT2D eigenvalue weighted by atomic mass is 10.2. The highest BCUT2D eigenvalue weighted by Crippen LogP contribution is 2.36. The van der Waals surface area contributed by atoms with Gasteiger partial charge >= 0.3 is 0 Å². The van der Waals surface area contributed by atoms with Crippen LogP contribution < -0.4 is 14.8 Å². The van der Waals surface area contributed by atoms with Crippen molar-refractivity contribution in [2.45, 2.75) is 26.3 Å². The van der Waals surface area contributed by atoms with Crippen LogP contribution in [0.15, 0.2) is 12.1 Å². The Balaban J connectivity index is 1.94. The van der Waals surface area contributed by atoms with E-state index in [0.717, 1.165) is 31.2 Å². The van der Waals surface area contributed by atoms with Crippen LogP contribution in [0, 0.1) is 5.92 Å². The van der Waals surface area contributed by atoms with Gasteiger partial charge in [0.15, 0.2) is 18.3 Å². The molecule has 112 valence electrons. The van der Waals surface area contributed by atoms with E-state index in [2.05, 4.69) is 12.2 Å². The van der Waals surface area contributed by atoms with Crippen LogP contribution in [-0.4, -0.2) is 27.1 Å². The van der Waals surface area contributed by atoms with Crippen molar-refractivity contribution >= 4 is 11.6 Å². The number of methoxy groups -OCH3 is 1. The van der Waals surface area contributed by atoms with Crippen LogP contribution in [0.3, 0.4) is 0 Å². The molecule has 1 N–H and O–H groups in total. The Morgan fingerprint density at radius 1 is 1.35 bits per heavy atom. The first-order valence-electron chi connectivity index (χ1n) is 7.02. The highest BCUT2D eigenvalue weighted by molar-refractivity contribution is 6.32. The van der Waals surface area contributed by atoms with Crippen molar-refractivity contribution in [3.8, 4) is 11.5 Å². The van der Waals surface area contributed by atoms with Crippen molar-refractivity contribution in [1.82, 2.24) is 5.32 Å². The van der Waals surface area contributed by atoms with Gasteiger partial charge in [0.25, 0.3) is 0 Å². The fourth-order valence-corrected chi connectivity index (χ4v) is 2.17. The van der Waals surface area contributed by atoms with E-state index in [-0.39, 0.29) is 6.79 Å². The second kappa shape index (κ2) is 7.72. The van der Waals surface area contributed by atoms with Crippen LogP contribution in [0.1, 0.15) is 25.3 Å². The van der Waals surface area contributed by atoms with Gasteiger partial charge in [0.05, 0.1) is 18.7 Å². The predicted octanol–water partition coefficient (Wildman–Crippen LogP) is 3.22. The number of ether oxygens (including phenoxy) is 3. The Labute approximate surface area is 125 Å². The lowest BCUT2D eigenvalue weighted by Crippen LogP contribution is -2.12. The van der Waals surface area contributed by atoms with E-state index in [1.54, 1.807) is 7.11 Å². The summed E-state index contributed by atoms with van der Waals surface area (Å²) in [5.41, 5.74) is 1.07. The molecule has 1 fully saturated rings. The molecule has 0 spiro atoms. The molecule has 0 heterocycles. The molecule has 1 aromatic rings. The van der Waals surface area contributed by atoms with E-state index < -0.39 is 0 Å². The molecule has 0 saturated heterocycles. The molecule has 0 aliphatic heterocycles. The Bertz CT molecular complexity index is 435. The Kier molecular flexibility index (Phi) is 5.95. The van der Waals surface area contributed by atoms with Gasteiger partial charge in [0.2, 0.25) is 0 Å². The number of benzene rings is 1. The second-order valence-electron chi connectivity index (χ2n) is 4.97. The van der Waals surface area contributed by atoms with Gasteiger partial charge in [-0.3, -0.25) is 0 Å². The van der Waals surface area contributed by atoms with Gasteiger partial charge in [-0.15, -0.1) is 0 Å². The summed E-state index contributed by atoms with van der Waals surface area (Å²) in [7, 11) is 1.61. The van der Waals surface area contributed by atoms with Crippen LogP contribution in [0.25, 0.3) is 0 Å². The zero-order valence-corrected chi connectivity index (χ0v) is 12.8. The number of halogens is 1. The van der Waals surface area contributed by atoms with Gasteiger partial charge in [-0.2, -0.15) is 0 Å². The fourth-order valence-electron chi connectivity index (χ4n) is 1.88. The molecule has 1 aromatic carbocycles. The lowest BCUT2D eigenvalue weighted by molar-refractivity contribution is 0.00870. The molecule has 1 aliphatic rings. The van der Waals surface area contributed by atoms with Crippen LogP contribution in [0.5, 0.6) is 11.5 Å². The highest BCUT2D eigenvalue weighted by atomic mass is 35.5. The molecule has 1 aliphatic carbocycles. The molecule has 0 atom stereocenters. The molecule has 0 amide bonds. The van der Waals surface area contributed by atoms with Gasteiger partial charge in [-0.05, 0) is 43.0 Å². The van der Waals surface area contributed by atoms with Crippen LogP contribution in [0.2, 0.25) is 5.02 Å². The summed E-state index contributed by atoms with van der Waals surface area (Å²) < 4.78 is 16.4. The Hall–Kier alpha value is -0.970. The summed E-state index contributed by atoms with van der Waals surface area (Å²) in [5.74, 6) is 1.91. The third-order valence-corrected chi connectivity index (χ3v) is 3.49. The number of rotatable bonds is 9. The van der Waals surface area contributed by atoms with E-state index >= 15 is 0 Å². The maximum Gasteiger partial charge on any atom is 0.189 e. The van der Waals surface area contributed by atoms with Crippen LogP contribution in [0.4, 0.5) is 0 Å². The monoisotopic (exact) mass is 299 g/mol. The molecule has 0 unspecified atom stereocenters. The number of hydrogen-bond donors (Lipinski definition) is 1. The van der Waals surface area contributed by atoms with E-state index in [0.29, 0.717) is 16.5 Å². The quantitative estimate of drug-likeness (QED) is 0.561. The molecular formula is C15H22ClNO3. The average Bonchev–Trinajstić information content (AvgIpc) is 3.26. The SMILES string of the molecule is CCNCc1cc(Cl)c(OCOCC2CC2)c(OC)c1. The molecule has 4 nitrogen and oxygen atoms in total. The summed E-state index contributed by atoms with van der Waals surface area (Å²) in [6.45, 7) is 4.70. The van der Waals surface area contributed by atoms with E-state index in [1.165, 1.54) is 12.8 Å². The summed E-state index contributed by atoms with van der Waals surface area (Å²) in [6, 6.07) is 3.83. The van der Waals surface area contributed by atoms with Crippen molar-refractivity contribution in [2.75, 3.05) is 27.1 Å². The van der Waals surface area contributed by atoms with Crippen molar-refractivity contribution < 1.29 is 14.2 Å². The van der Waals surface area contributed by atoms with Gasteiger partial charge in [-0.1, -0.05) is 18.5 Å². The zero-order valence-electron chi connectivity index (χ0n) is 12.1. The van der Waals surface area contributed by atoms with Gasteiger partial charge in [0.1, 0.15) is 0 Å². The lowest BCUT2D eigenvalue weighted by Gasteiger charge is -2.14. The molecular weight excluding hydrogens is 278 g/mol. The smallest absolute Gasteiger partial charge is 0.189 e. The summed E-state index contributed by atoms with van der Waals surface area (Å²) in [5, 5.41) is 3.80. The average molecular weight is 300 g/mol. The first-order valence-corrected chi connectivity index (χ1v) is 7.40.